The van der Waals surface area contributed by atoms with E-state index in [0.717, 1.165) is 19.4 Å². The molecule has 25 heavy (non-hydrogen) atoms. The maximum absolute atomic E-state index is 10.8. The Bertz CT molecular complexity index is 700. The number of nitrogens with zero attached hydrogens (tertiary/aromatic N) is 1. The number of likely N-dealkylation sites (N-methyl/N-ethyl adjacent to an activating group) is 1. The summed E-state index contributed by atoms with van der Waals surface area (Å²) < 4.78 is 11.6. The van der Waals surface area contributed by atoms with Crippen molar-refractivity contribution in [3.05, 3.63) is 35.2 Å². The van der Waals surface area contributed by atoms with E-state index in [1.807, 2.05) is 11.9 Å². The molecule has 0 aliphatic carbocycles. The fourth-order valence-corrected chi connectivity index (χ4v) is 3.14. The summed E-state index contributed by atoms with van der Waals surface area (Å²) in [5.41, 5.74) is 1.28. The third kappa shape index (κ3) is 6.81. The van der Waals surface area contributed by atoms with Gasteiger partial charge in [-0.15, -0.1) is 11.3 Å². The van der Waals surface area contributed by atoms with Crippen LogP contribution in [0.25, 0.3) is 10.1 Å². The molecule has 0 aliphatic heterocycles. The number of fused-ring (bicyclic) bond motifs is 1. The number of hydrogen-bond donors (Lipinski definition) is 1. The zero-order valence-corrected chi connectivity index (χ0v) is 15.1. The van der Waals surface area contributed by atoms with Crippen molar-refractivity contribution in [3.63, 3.8) is 0 Å². The first-order chi connectivity index (χ1) is 12.1. The smallest absolute Gasteiger partial charge is 0.417 e. The molecule has 0 bridgehead atoms. The predicted molar refractivity (Wildman–Crippen MR) is 97.1 cm³/mol. The van der Waals surface area contributed by atoms with Gasteiger partial charge in [0.2, 0.25) is 0 Å². The van der Waals surface area contributed by atoms with E-state index in [2.05, 4.69) is 34.4 Å². The summed E-state index contributed by atoms with van der Waals surface area (Å²) in [4.78, 5) is 23.0. The Kier molecular flexibility index (Phi) is 7.84. The molecule has 6 nitrogen and oxygen atoms in total. The van der Waals surface area contributed by atoms with E-state index in [4.69, 9.17) is 9.84 Å². The molecule has 0 spiro atoms. The number of esters is 1. The van der Waals surface area contributed by atoms with Crippen LogP contribution in [0.3, 0.4) is 0 Å². The maximum atomic E-state index is 10.8. The zero-order chi connectivity index (χ0) is 18.1. The van der Waals surface area contributed by atoms with Crippen molar-refractivity contribution in [1.29, 1.82) is 0 Å². The largest absolute Gasteiger partial charge is 0.473 e. The third-order valence-electron chi connectivity index (χ3n) is 3.76. The first-order valence-electron chi connectivity index (χ1n) is 8.19. The van der Waals surface area contributed by atoms with Crippen LogP contribution < -0.4 is 0 Å². The first-order valence-corrected chi connectivity index (χ1v) is 9.06. The van der Waals surface area contributed by atoms with Gasteiger partial charge in [0.15, 0.2) is 0 Å². The van der Waals surface area contributed by atoms with Gasteiger partial charge in [0.25, 0.3) is 0 Å². The van der Waals surface area contributed by atoms with E-state index in [9.17, 15) is 9.59 Å². The molecule has 1 N–H and O–H groups in total. The van der Waals surface area contributed by atoms with Crippen molar-refractivity contribution in [2.75, 3.05) is 40.0 Å². The molecule has 1 aromatic carbocycles. The normalized spacial score (nSPS) is 11.1. The molecule has 2 rings (SSSR count). The zero-order valence-electron chi connectivity index (χ0n) is 14.3. The number of aliphatic carboxylic acids is 1. The molecule has 0 saturated heterocycles. The summed E-state index contributed by atoms with van der Waals surface area (Å²) in [6.45, 7) is 2.73. The molecule has 0 atom stereocenters. The van der Waals surface area contributed by atoms with Crippen LogP contribution in [-0.2, 0) is 25.5 Å². The van der Waals surface area contributed by atoms with Crippen LogP contribution in [0.4, 0.5) is 0 Å². The summed E-state index contributed by atoms with van der Waals surface area (Å²) in [6.07, 6.45) is 1.76. The topological polar surface area (TPSA) is 76.1 Å². The van der Waals surface area contributed by atoms with Crippen molar-refractivity contribution in [1.82, 2.24) is 4.90 Å². The molecule has 0 unspecified atom stereocenters. The van der Waals surface area contributed by atoms with E-state index in [0.29, 0.717) is 19.8 Å². The lowest BCUT2D eigenvalue weighted by Crippen LogP contribution is -2.27. The molecule has 7 heteroatoms. The highest BCUT2D eigenvalue weighted by Crippen LogP contribution is 2.21. The summed E-state index contributed by atoms with van der Waals surface area (Å²) in [6, 6.07) is 8.64. The Labute approximate surface area is 151 Å². The van der Waals surface area contributed by atoms with E-state index in [1.165, 1.54) is 15.6 Å². The number of carbonyl (C=O) groups excluding carboxylic acids is 1. The fourth-order valence-electron chi connectivity index (χ4n) is 2.37. The fraction of sp³-hybridized carbons (Fsp3) is 0.444. The lowest BCUT2D eigenvalue weighted by atomic mass is 10.1. The Balaban J connectivity index is 1.51. The van der Waals surface area contributed by atoms with Gasteiger partial charge in [-0.2, -0.15) is 0 Å². The average molecular weight is 365 g/mol. The summed E-state index contributed by atoms with van der Waals surface area (Å²) >= 11 is 1.75. The van der Waals surface area contributed by atoms with Crippen LogP contribution in [-0.4, -0.2) is 61.9 Å². The van der Waals surface area contributed by atoms with Crippen molar-refractivity contribution < 1.29 is 24.2 Å². The first kappa shape index (κ1) is 19.4. The average Bonchev–Trinajstić information content (AvgIpc) is 3.05. The molecular weight excluding hydrogens is 342 g/mol. The number of ether oxygens (including phenoxy) is 2. The number of carboxylic acid groups (broad SMARTS) is 1. The maximum Gasteiger partial charge on any atom is 0.417 e. The minimum atomic E-state index is -1.56. The summed E-state index contributed by atoms with van der Waals surface area (Å²) in [7, 11) is 1.89. The van der Waals surface area contributed by atoms with E-state index in [1.54, 1.807) is 11.3 Å². The van der Waals surface area contributed by atoms with Crippen molar-refractivity contribution in [2.45, 2.75) is 12.8 Å². The second kappa shape index (κ2) is 10.1. The highest BCUT2D eigenvalue weighted by atomic mass is 32.1. The van der Waals surface area contributed by atoms with Crippen LogP contribution in [0, 0.1) is 0 Å². The number of carboxylic acids is 1. The molecule has 1 aromatic heterocycles. The van der Waals surface area contributed by atoms with Gasteiger partial charge in [0, 0.05) is 24.4 Å². The second-order valence-corrected chi connectivity index (χ2v) is 6.70. The number of thiophene rings is 1. The Morgan fingerprint density at radius 1 is 1.16 bits per heavy atom. The molecule has 0 aliphatic rings. The quantitative estimate of drug-likeness (QED) is 0.396. The van der Waals surface area contributed by atoms with Gasteiger partial charge in [-0.05, 0) is 48.4 Å². The molecule has 1 heterocycles. The van der Waals surface area contributed by atoms with Gasteiger partial charge in [-0.3, -0.25) is 0 Å². The molecule has 2 aromatic rings. The minimum Gasteiger partial charge on any atom is -0.473 e. The van der Waals surface area contributed by atoms with Crippen molar-refractivity contribution in [3.8, 4) is 0 Å². The lowest BCUT2D eigenvalue weighted by Gasteiger charge is -2.16. The Morgan fingerprint density at radius 3 is 2.80 bits per heavy atom. The van der Waals surface area contributed by atoms with E-state index < -0.39 is 11.9 Å². The predicted octanol–water partition coefficient (Wildman–Crippen LogP) is 2.41. The van der Waals surface area contributed by atoms with Gasteiger partial charge in [0.1, 0.15) is 6.61 Å². The SMILES string of the molecule is CN(CCCOCCc1ccc2sccc2c1)CCOC(=O)C(=O)O. The lowest BCUT2D eigenvalue weighted by molar-refractivity contribution is -0.164. The van der Waals surface area contributed by atoms with Crippen LogP contribution >= 0.6 is 11.3 Å². The monoisotopic (exact) mass is 365 g/mol. The third-order valence-corrected chi connectivity index (χ3v) is 4.66. The van der Waals surface area contributed by atoms with Crippen LogP contribution in [0.2, 0.25) is 0 Å². The molecule has 0 amide bonds. The molecular formula is C18H23NO5S. The van der Waals surface area contributed by atoms with Gasteiger partial charge in [-0.1, -0.05) is 12.1 Å². The number of benzene rings is 1. The van der Waals surface area contributed by atoms with Gasteiger partial charge in [0.05, 0.1) is 6.61 Å². The van der Waals surface area contributed by atoms with E-state index >= 15 is 0 Å². The molecule has 0 saturated carbocycles. The van der Waals surface area contributed by atoms with Crippen LogP contribution in [0.1, 0.15) is 12.0 Å². The number of hydrogen-bond acceptors (Lipinski definition) is 6. The highest BCUT2D eigenvalue weighted by Gasteiger charge is 2.12. The molecule has 136 valence electrons. The second-order valence-electron chi connectivity index (χ2n) is 5.75. The standard InChI is InChI=1S/C18H23NO5S/c1-19(8-11-24-18(22)17(20)21)7-2-9-23-10-5-14-3-4-16-15(13-14)6-12-25-16/h3-4,6,12-13H,2,5,7-11H2,1H3,(H,20,21). The number of rotatable bonds is 10. The molecule has 0 radical (unpaired) electrons. The van der Waals surface area contributed by atoms with Crippen molar-refractivity contribution >= 4 is 33.4 Å². The Hall–Kier alpha value is -1.96. The highest BCUT2D eigenvalue weighted by molar-refractivity contribution is 7.17. The number of carbonyl (C=O) groups is 2. The van der Waals surface area contributed by atoms with Gasteiger partial charge >= 0.3 is 11.9 Å². The van der Waals surface area contributed by atoms with E-state index in [-0.39, 0.29) is 6.61 Å². The van der Waals surface area contributed by atoms with Crippen molar-refractivity contribution in [2.24, 2.45) is 0 Å². The summed E-state index contributed by atoms with van der Waals surface area (Å²) in [5, 5.41) is 11.8. The molecule has 0 fully saturated rings. The minimum absolute atomic E-state index is 0.0769. The van der Waals surface area contributed by atoms with Gasteiger partial charge in [-0.25, -0.2) is 9.59 Å². The van der Waals surface area contributed by atoms with Gasteiger partial charge < -0.3 is 19.5 Å². The van der Waals surface area contributed by atoms with Crippen LogP contribution in [0.5, 0.6) is 0 Å². The Morgan fingerprint density at radius 2 is 2.00 bits per heavy atom. The van der Waals surface area contributed by atoms with Crippen LogP contribution in [0.15, 0.2) is 29.6 Å². The summed E-state index contributed by atoms with van der Waals surface area (Å²) in [5.74, 6) is -2.77.